The standard InChI is InChI=1S/C27H37N5O3S/c1-3-17(2)24(33)29-21(18-11-6-4-7-12-18)26(35)32-16-10-15-20(32)25(34)30-23-22(36-27(28)31-23)19-13-8-5-9-14-19/h5,8-9,13-14,17-18,20-21H,3-4,6-7,10-12,15-16H2,1-2H3,(H2,28,31)(H,29,33)(H,30,34)/t17-,20+,21+/m1/s1. The van der Waals surface area contributed by atoms with Crippen LogP contribution in [-0.2, 0) is 14.4 Å². The van der Waals surface area contributed by atoms with Gasteiger partial charge in [0.05, 0.1) is 4.88 Å². The predicted molar refractivity (Wildman–Crippen MR) is 143 cm³/mol. The fraction of sp³-hybridized carbons (Fsp3) is 0.556. The number of aromatic nitrogens is 1. The van der Waals surface area contributed by atoms with Gasteiger partial charge in [-0.3, -0.25) is 14.4 Å². The largest absolute Gasteiger partial charge is 0.375 e. The Hall–Kier alpha value is -2.94. The number of thiazole rings is 1. The first kappa shape index (κ1) is 26.1. The number of carbonyl (C=O) groups is 3. The average Bonchev–Trinajstić information content (AvgIpc) is 3.54. The molecule has 0 bridgehead atoms. The van der Waals surface area contributed by atoms with Gasteiger partial charge in [0.15, 0.2) is 10.9 Å². The number of nitrogens with one attached hydrogen (secondary N) is 2. The SMILES string of the molecule is CC[C@@H](C)C(=O)N[C@H](C(=O)N1CCC[C@H]1C(=O)Nc1nc(N)sc1-c1ccccc1)C1CCCCC1. The minimum atomic E-state index is -0.601. The molecule has 1 aliphatic carbocycles. The second-order valence-electron chi connectivity index (χ2n) is 9.97. The van der Waals surface area contributed by atoms with Crippen molar-refractivity contribution in [3.8, 4) is 10.4 Å². The fourth-order valence-corrected chi connectivity index (χ4v) is 6.01. The topological polar surface area (TPSA) is 117 Å². The van der Waals surface area contributed by atoms with E-state index in [0.717, 1.165) is 49.0 Å². The molecular weight excluding hydrogens is 474 g/mol. The van der Waals surface area contributed by atoms with E-state index in [2.05, 4.69) is 15.6 Å². The van der Waals surface area contributed by atoms with Crippen molar-refractivity contribution in [3.63, 3.8) is 0 Å². The van der Waals surface area contributed by atoms with E-state index in [1.165, 1.54) is 11.3 Å². The van der Waals surface area contributed by atoms with Gasteiger partial charge in [-0.1, -0.05) is 74.8 Å². The number of hydrogen-bond acceptors (Lipinski definition) is 6. The molecule has 0 unspecified atom stereocenters. The Kier molecular flexibility index (Phi) is 8.61. The Bertz CT molecular complexity index is 1070. The van der Waals surface area contributed by atoms with Crippen LogP contribution in [0.25, 0.3) is 10.4 Å². The highest BCUT2D eigenvalue weighted by atomic mass is 32.1. The molecule has 2 aliphatic rings. The van der Waals surface area contributed by atoms with Crippen molar-refractivity contribution >= 4 is 40.0 Å². The molecule has 2 heterocycles. The van der Waals surface area contributed by atoms with E-state index in [1.54, 1.807) is 4.90 Å². The number of amides is 3. The van der Waals surface area contributed by atoms with Crippen molar-refractivity contribution in [2.75, 3.05) is 17.6 Å². The van der Waals surface area contributed by atoms with Crippen molar-refractivity contribution in [2.24, 2.45) is 11.8 Å². The Morgan fingerprint density at radius 1 is 1.11 bits per heavy atom. The summed E-state index contributed by atoms with van der Waals surface area (Å²) in [5.41, 5.74) is 6.90. The van der Waals surface area contributed by atoms with Gasteiger partial charge in [0.1, 0.15) is 12.1 Å². The highest BCUT2D eigenvalue weighted by Crippen LogP contribution is 2.36. The maximum atomic E-state index is 13.8. The van der Waals surface area contributed by atoms with E-state index in [1.807, 2.05) is 44.2 Å². The van der Waals surface area contributed by atoms with Crippen LogP contribution in [0, 0.1) is 11.8 Å². The summed E-state index contributed by atoms with van der Waals surface area (Å²) >= 11 is 1.32. The molecule has 2 aromatic rings. The zero-order chi connectivity index (χ0) is 25.7. The number of likely N-dealkylation sites (tertiary alicyclic amines) is 1. The quantitative estimate of drug-likeness (QED) is 0.485. The summed E-state index contributed by atoms with van der Waals surface area (Å²) in [6.45, 7) is 4.36. The molecule has 0 spiro atoms. The van der Waals surface area contributed by atoms with Gasteiger partial charge in [-0.15, -0.1) is 0 Å². The zero-order valence-electron chi connectivity index (χ0n) is 21.2. The lowest BCUT2D eigenvalue weighted by Gasteiger charge is -2.35. The van der Waals surface area contributed by atoms with Gasteiger partial charge in [-0.05, 0) is 43.6 Å². The zero-order valence-corrected chi connectivity index (χ0v) is 22.0. The van der Waals surface area contributed by atoms with Crippen molar-refractivity contribution < 1.29 is 14.4 Å². The third-order valence-corrected chi connectivity index (χ3v) is 8.44. The molecule has 8 nitrogen and oxygen atoms in total. The van der Waals surface area contributed by atoms with Crippen molar-refractivity contribution in [2.45, 2.75) is 77.3 Å². The smallest absolute Gasteiger partial charge is 0.248 e. The number of carbonyl (C=O) groups excluding carboxylic acids is 3. The first-order valence-corrected chi connectivity index (χ1v) is 13.9. The van der Waals surface area contributed by atoms with E-state index in [9.17, 15) is 14.4 Å². The average molecular weight is 512 g/mol. The van der Waals surface area contributed by atoms with Crippen LogP contribution < -0.4 is 16.4 Å². The van der Waals surface area contributed by atoms with E-state index < -0.39 is 12.1 Å². The fourth-order valence-electron chi connectivity index (χ4n) is 5.22. The summed E-state index contributed by atoms with van der Waals surface area (Å²) in [7, 11) is 0. The molecule has 194 valence electrons. The van der Waals surface area contributed by atoms with Crippen molar-refractivity contribution in [3.05, 3.63) is 30.3 Å². The Labute approximate surface area is 217 Å². The summed E-state index contributed by atoms with van der Waals surface area (Å²) in [6, 6.07) is 8.48. The van der Waals surface area contributed by atoms with Crippen LogP contribution >= 0.6 is 11.3 Å². The normalized spacial score (nSPS) is 20.1. The van der Waals surface area contributed by atoms with Crippen LogP contribution in [0.1, 0.15) is 65.2 Å². The minimum absolute atomic E-state index is 0.0907. The third-order valence-electron chi connectivity index (χ3n) is 7.50. The molecular formula is C27H37N5O3S. The lowest BCUT2D eigenvalue weighted by molar-refractivity contribution is -0.142. The molecule has 0 radical (unpaired) electrons. The van der Waals surface area contributed by atoms with Crippen LogP contribution in [0.15, 0.2) is 30.3 Å². The van der Waals surface area contributed by atoms with Gasteiger partial charge in [0, 0.05) is 12.5 Å². The van der Waals surface area contributed by atoms with E-state index in [-0.39, 0.29) is 29.6 Å². The van der Waals surface area contributed by atoms with Gasteiger partial charge >= 0.3 is 0 Å². The molecule has 1 saturated heterocycles. The molecule has 2 fully saturated rings. The third kappa shape index (κ3) is 5.88. The van der Waals surface area contributed by atoms with Crippen LogP contribution in [-0.4, -0.2) is 46.2 Å². The summed E-state index contributed by atoms with van der Waals surface area (Å²) < 4.78 is 0. The molecule has 4 rings (SSSR count). The molecule has 3 amide bonds. The van der Waals surface area contributed by atoms with Crippen molar-refractivity contribution in [1.82, 2.24) is 15.2 Å². The Balaban J connectivity index is 1.52. The van der Waals surface area contributed by atoms with Gasteiger partial charge in [0.2, 0.25) is 17.7 Å². The van der Waals surface area contributed by atoms with Gasteiger partial charge in [0.25, 0.3) is 0 Å². The molecule has 36 heavy (non-hydrogen) atoms. The second-order valence-corrected chi connectivity index (χ2v) is 11.0. The molecule has 1 saturated carbocycles. The van der Waals surface area contributed by atoms with Gasteiger partial charge in [-0.2, -0.15) is 0 Å². The van der Waals surface area contributed by atoms with E-state index in [0.29, 0.717) is 30.3 Å². The van der Waals surface area contributed by atoms with Crippen LogP contribution in [0.3, 0.4) is 0 Å². The van der Waals surface area contributed by atoms with E-state index >= 15 is 0 Å². The number of rotatable bonds is 8. The van der Waals surface area contributed by atoms with Gasteiger partial charge in [-0.25, -0.2) is 4.98 Å². The van der Waals surface area contributed by atoms with Crippen LogP contribution in [0.2, 0.25) is 0 Å². The number of nitrogens with zero attached hydrogens (tertiary/aromatic N) is 2. The minimum Gasteiger partial charge on any atom is -0.375 e. The van der Waals surface area contributed by atoms with Crippen molar-refractivity contribution in [1.29, 1.82) is 0 Å². The highest BCUT2D eigenvalue weighted by Gasteiger charge is 2.41. The molecule has 9 heteroatoms. The molecule has 3 atom stereocenters. The first-order chi connectivity index (χ1) is 17.4. The maximum Gasteiger partial charge on any atom is 0.248 e. The lowest BCUT2D eigenvalue weighted by Crippen LogP contribution is -2.56. The monoisotopic (exact) mass is 511 g/mol. The van der Waals surface area contributed by atoms with Crippen LogP contribution in [0.5, 0.6) is 0 Å². The molecule has 1 aliphatic heterocycles. The molecule has 1 aromatic carbocycles. The molecule has 1 aromatic heterocycles. The lowest BCUT2D eigenvalue weighted by atomic mass is 9.83. The highest BCUT2D eigenvalue weighted by molar-refractivity contribution is 7.19. The van der Waals surface area contributed by atoms with Gasteiger partial charge < -0.3 is 21.3 Å². The summed E-state index contributed by atoms with van der Waals surface area (Å²) in [5, 5.41) is 6.38. The number of hydrogen-bond donors (Lipinski definition) is 3. The number of benzene rings is 1. The van der Waals surface area contributed by atoms with E-state index in [4.69, 9.17) is 5.73 Å². The maximum absolute atomic E-state index is 13.8. The molecule has 4 N–H and O–H groups in total. The van der Waals surface area contributed by atoms with Crippen LogP contribution in [0.4, 0.5) is 10.9 Å². The first-order valence-electron chi connectivity index (χ1n) is 13.1. The summed E-state index contributed by atoms with van der Waals surface area (Å²) in [5.74, 6) is -0.134. The Morgan fingerprint density at radius 2 is 1.83 bits per heavy atom. The Morgan fingerprint density at radius 3 is 2.53 bits per heavy atom. The number of nitrogens with two attached hydrogens (primary N) is 1. The predicted octanol–water partition coefficient (Wildman–Crippen LogP) is 4.43. The number of nitrogen functional groups attached to an aromatic ring is 1. The second kappa shape index (κ2) is 11.9. The summed E-state index contributed by atoms with van der Waals surface area (Å²) in [6.07, 6.45) is 7.15. The summed E-state index contributed by atoms with van der Waals surface area (Å²) in [4.78, 5) is 46.9. The number of anilines is 2.